The van der Waals surface area contributed by atoms with Crippen molar-refractivity contribution in [3.8, 4) is 5.75 Å². The summed E-state index contributed by atoms with van der Waals surface area (Å²) in [4.78, 5) is 0.690. The van der Waals surface area contributed by atoms with Crippen LogP contribution in [0, 0.1) is 0 Å². The van der Waals surface area contributed by atoms with E-state index >= 15 is 0 Å². The number of ether oxygens (including phenoxy) is 1. The minimum Gasteiger partial charge on any atom is -0.490 e. The Bertz CT molecular complexity index is 396. The molecule has 0 bridgehead atoms. The van der Waals surface area contributed by atoms with Crippen LogP contribution in [-0.2, 0) is 5.41 Å². The Labute approximate surface area is 112 Å². The van der Waals surface area contributed by atoms with Crippen LogP contribution in [0.5, 0.6) is 5.75 Å². The van der Waals surface area contributed by atoms with Gasteiger partial charge >= 0.3 is 0 Å². The summed E-state index contributed by atoms with van der Waals surface area (Å²) in [6, 6.07) is 8.78. The van der Waals surface area contributed by atoms with Crippen LogP contribution in [0.2, 0.25) is 0 Å². The van der Waals surface area contributed by atoms with E-state index < -0.39 is 0 Å². The monoisotopic (exact) mass is 294 g/mol. The first kappa shape index (κ1) is 11.6. The fraction of sp³-hybridized carbons (Fsp3) is 0.600. The zero-order valence-corrected chi connectivity index (χ0v) is 11.9. The van der Waals surface area contributed by atoms with Crippen molar-refractivity contribution in [2.24, 2.45) is 0 Å². The Kier molecular flexibility index (Phi) is 2.94. The molecule has 17 heavy (non-hydrogen) atoms. The molecule has 1 aromatic rings. The van der Waals surface area contributed by atoms with Gasteiger partial charge in [0.2, 0.25) is 0 Å². The third-order valence-electron chi connectivity index (χ3n) is 4.06. The van der Waals surface area contributed by atoms with Crippen LogP contribution in [0.15, 0.2) is 24.3 Å². The van der Waals surface area contributed by atoms with E-state index in [1.807, 2.05) is 0 Å². The second kappa shape index (κ2) is 4.31. The highest BCUT2D eigenvalue weighted by Crippen LogP contribution is 2.43. The van der Waals surface area contributed by atoms with E-state index in [0.29, 0.717) is 16.3 Å². The molecule has 2 heteroatoms. The molecular formula is C15H19BrO. The SMILES string of the molecule is CC1(c2ccc(OC3CC3)cc2)CCC(Br)C1. The molecule has 2 aliphatic carbocycles. The molecular weight excluding hydrogens is 276 g/mol. The van der Waals surface area contributed by atoms with Crippen molar-refractivity contribution < 1.29 is 4.74 Å². The minimum absolute atomic E-state index is 0.353. The summed E-state index contributed by atoms with van der Waals surface area (Å²) in [7, 11) is 0. The standard InChI is InChI=1S/C15H19BrO/c1-15(9-8-12(16)10-15)11-2-4-13(5-3-11)17-14-6-7-14/h2-5,12,14H,6-10H2,1H3. The van der Waals surface area contributed by atoms with Gasteiger partial charge in [-0.1, -0.05) is 35.0 Å². The molecule has 2 aliphatic rings. The van der Waals surface area contributed by atoms with Gasteiger partial charge in [-0.15, -0.1) is 0 Å². The maximum atomic E-state index is 5.79. The molecule has 2 unspecified atom stereocenters. The minimum atomic E-state index is 0.353. The van der Waals surface area contributed by atoms with E-state index in [-0.39, 0.29) is 0 Å². The Morgan fingerprint density at radius 1 is 1.18 bits per heavy atom. The van der Waals surface area contributed by atoms with Gasteiger partial charge in [-0.25, -0.2) is 0 Å². The lowest BCUT2D eigenvalue weighted by molar-refractivity contribution is 0.303. The van der Waals surface area contributed by atoms with Gasteiger partial charge in [0.25, 0.3) is 0 Å². The number of alkyl halides is 1. The summed E-state index contributed by atoms with van der Waals surface area (Å²) >= 11 is 3.74. The van der Waals surface area contributed by atoms with Gasteiger partial charge in [0.1, 0.15) is 5.75 Å². The fourth-order valence-electron chi connectivity index (χ4n) is 2.74. The van der Waals surface area contributed by atoms with Crippen LogP contribution < -0.4 is 4.74 Å². The number of halogens is 1. The van der Waals surface area contributed by atoms with Gasteiger partial charge in [-0.05, 0) is 55.2 Å². The predicted octanol–water partition coefficient (Wildman–Crippen LogP) is 4.43. The van der Waals surface area contributed by atoms with Gasteiger partial charge in [-0.2, -0.15) is 0 Å². The van der Waals surface area contributed by atoms with Crippen molar-refractivity contribution in [3.05, 3.63) is 29.8 Å². The molecule has 2 atom stereocenters. The van der Waals surface area contributed by atoms with Gasteiger partial charge in [0, 0.05) is 4.83 Å². The first-order valence-electron chi connectivity index (χ1n) is 6.57. The van der Waals surface area contributed by atoms with E-state index in [0.717, 1.165) is 5.75 Å². The Balaban J connectivity index is 1.74. The smallest absolute Gasteiger partial charge is 0.119 e. The van der Waals surface area contributed by atoms with Crippen LogP contribution in [0.1, 0.15) is 44.6 Å². The molecule has 1 nitrogen and oxygen atoms in total. The van der Waals surface area contributed by atoms with E-state index in [1.165, 1.54) is 37.7 Å². The third kappa shape index (κ3) is 2.52. The lowest BCUT2D eigenvalue weighted by Crippen LogP contribution is -2.17. The quantitative estimate of drug-likeness (QED) is 0.749. The third-order valence-corrected chi connectivity index (χ3v) is 4.84. The number of hydrogen-bond donors (Lipinski definition) is 0. The number of rotatable bonds is 3. The van der Waals surface area contributed by atoms with Gasteiger partial charge < -0.3 is 4.74 Å². The number of hydrogen-bond acceptors (Lipinski definition) is 1. The van der Waals surface area contributed by atoms with Gasteiger partial charge in [0.05, 0.1) is 6.10 Å². The summed E-state index contributed by atoms with van der Waals surface area (Å²) in [5.74, 6) is 1.04. The lowest BCUT2D eigenvalue weighted by Gasteiger charge is -2.24. The molecule has 0 aromatic heterocycles. The van der Waals surface area contributed by atoms with E-state index in [4.69, 9.17) is 4.74 Å². The molecule has 2 fully saturated rings. The van der Waals surface area contributed by atoms with Crippen molar-refractivity contribution >= 4 is 15.9 Å². The van der Waals surface area contributed by atoms with Crippen LogP contribution >= 0.6 is 15.9 Å². The zero-order chi connectivity index (χ0) is 11.9. The normalized spacial score (nSPS) is 32.7. The molecule has 0 heterocycles. The first-order valence-corrected chi connectivity index (χ1v) is 7.49. The maximum Gasteiger partial charge on any atom is 0.119 e. The number of benzene rings is 1. The molecule has 0 amide bonds. The summed E-state index contributed by atoms with van der Waals surface area (Å²) in [6.45, 7) is 2.38. The van der Waals surface area contributed by atoms with Crippen molar-refractivity contribution in [2.75, 3.05) is 0 Å². The summed E-state index contributed by atoms with van der Waals surface area (Å²) in [6.07, 6.45) is 6.77. The average Bonchev–Trinajstić information content (AvgIpc) is 3.05. The fourth-order valence-corrected chi connectivity index (χ4v) is 3.69. The predicted molar refractivity (Wildman–Crippen MR) is 74.0 cm³/mol. The van der Waals surface area contributed by atoms with Crippen LogP contribution in [0.3, 0.4) is 0 Å². The summed E-state index contributed by atoms with van der Waals surface area (Å²) < 4.78 is 5.79. The summed E-state index contributed by atoms with van der Waals surface area (Å²) in [5.41, 5.74) is 1.81. The highest BCUT2D eigenvalue weighted by atomic mass is 79.9. The molecule has 0 saturated heterocycles. The van der Waals surface area contributed by atoms with Crippen LogP contribution in [0.25, 0.3) is 0 Å². The van der Waals surface area contributed by atoms with Crippen molar-refractivity contribution in [1.29, 1.82) is 0 Å². The highest BCUT2D eigenvalue weighted by molar-refractivity contribution is 9.09. The van der Waals surface area contributed by atoms with Gasteiger partial charge in [-0.3, -0.25) is 0 Å². The Morgan fingerprint density at radius 3 is 2.41 bits per heavy atom. The van der Waals surface area contributed by atoms with Crippen molar-refractivity contribution in [1.82, 2.24) is 0 Å². The molecule has 92 valence electrons. The van der Waals surface area contributed by atoms with E-state index in [1.54, 1.807) is 0 Å². The van der Waals surface area contributed by atoms with Crippen LogP contribution in [-0.4, -0.2) is 10.9 Å². The molecule has 2 saturated carbocycles. The average molecular weight is 295 g/mol. The Morgan fingerprint density at radius 2 is 1.88 bits per heavy atom. The van der Waals surface area contributed by atoms with Crippen LogP contribution in [0.4, 0.5) is 0 Å². The molecule has 0 aliphatic heterocycles. The van der Waals surface area contributed by atoms with E-state index in [2.05, 4.69) is 47.1 Å². The maximum absolute atomic E-state index is 5.79. The molecule has 3 rings (SSSR count). The highest BCUT2D eigenvalue weighted by Gasteiger charge is 2.35. The second-order valence-electron chi connectivity index (χ2n) is 5.74. The first-order chi connectivity index (χ1) is 8.16. The Hall–Kier alpha value is -0.500. The topological polar surface area (TPSA) is 9.23 Å². The molecule has 0 N–H and O–H groups in total. The molecule has 0 radical (unpaired) electrons. The second-order valence-corrected chi connectivity index (χ2v) is 7.04. The zero-order valence-electron chi connectivity index (χ0n) is 10.3. The van der Waals surface area contributed by atoms with Gasteiger partial charge in [0.15, 0.2) is 0 Å². The summed E-state index contributed by atoms with van der Waals surface area (Å²) in [5, 5.41) is 0. The van der Waals surface area contributed by atoms with E-state index in [9.17, 15) is 0 Å². The van der Waals surface area contributed by atoms with Crippen molar-refractivity contribution in [3.63, 3.8) is 0 Å². The molecule has 1 aromatic carbocycles. The lowest BCUT2D eigenvalue weighted by atomic mass is 9.81. The molecule has 0 spiro atoms. The van der Waals surface area contributed by atoms with Crippen molar-refractivity contribution in [2.45, 2.75) is 55.4 Å². The largest absolute Gasteiger partial charge is 0.490 e.